The topological polar surface area (TPSA) is 77.0 Å². The van der Waals surface area contributed by atoms with E-state index in [0.717, 1.165) is 24.8 Å². The number of benzene rings is 1. The number of nitrogens with two attached hydrogens (primary N) is 1. The second kappa shape index (κ2) is 7.09. The molecule has 1 aromatic carbocycles. The van der Waals surface area contributed by atoms with Gasteiger partial charge in [0.1, 0.15) is 5.82 Å². The van der Waals surface area contributed by atoms with Crippen molar-refractivity contribution in [2.45, 2.75) is 44.8 Å². The van der Waals surface area contributed by atoms with Crippen LogP contribution in [-0.4, -0.2) is 44.4 Å². The summed E-state index contributed by atoms with van der Waals surface area (Å²) < 4.78 is 14.8. The van der Waals surface area contributed by atoms with Crippen LogP contribution in [0.25, 0.3) is 0 Å². The number of hydrogen-bond donors (Lipinski definition) is 1. The molecule has 0 bridgehead atoms. The fourth-order valence-corrected chi connectivity index (χ4v) is 3.20. The first-order chi connectivity index (χ1) is 11.5. The molecule has 6 nitrogen and oxygen atoms in total. The van der Waals surface area contributed by atoms with E-state index in [-0.39, 0.29) is 23.8 Å². The fourth-order valence-electron chi connectivity index (χ4n) is 3.20. The smallest absolute Gasteiger partial charge is 0.276 e. The van der Waals surface area contributed by atoms with E-state index in [1.54, 1.807) is 16.9 Å². The predicted molar refractivity (Wildman–Crippen MR) is 87.8 cm³/mol. The van der Waals surface area contributed by atoms with Gasteiger partial charge in [-0.15, -0.1) is 5.10 Å². The number of carbonyl (C=O) groups is 1. The fraction of sp³-hybridized carbons (Fsp3) is 0.471. The maximum atomic E-state index is 13.2. The highest BCUT2D eigenvalue weighted by molar-refractivity contribution is 5.92. The van der Waals surface area contributed by atoms with Crippen LogP contribution in [0.5, 0.6) is 0 Å². The van der Waals surface area contributed by atoms with Crippen molar-refractivity contribution in [2.24, 2.45) is 5.73 Å². The maximum Gasteiger partial charge on any atom is 0.276 e. The van der Waals surface area contributed by atoms with Gasteiger partial charge < -0.3 is 10.6 Å². The van der Waals surface area contributed by atoms with Gasteiger partial charge in [-0.2, -0.15) is 0 Å². The summed E-state index contributed by atoms with van der Waals surface area (Å²) in [5.74, 6) is -0.431. The molecular weight excluding hydrogens is 309 g/mol. The first-order valence-electron chi connectivity index (χ1n) is 8.26. The monoisotopic (exact) mass is 331 g/mol. The van der Waals surface area contributed by atoms with Crippen LogP contribution in [0, 0.1) is 5.82 Å². The van der Waals surface area contributed by atoms with Crippen molar-refractivity contribution >= 4 is 5.91 Å². The number of rotatable bonds is 4. The van der Waals surface area contributed by atoms with Crippen molar-refractivity contribution in [3.05, 3.63) is 47.5 Å². The van der Waals surface area contributed by atoms with Crippen molar-refractivity contribution in [1.82, 2.24) is 19.9 Å². The number of aromatic nitrogens is 3. The zero-order valence-corrected chi connectivity index (χ0v) is 13.7. The molecule has 1 saturated heterocycles. The van der Waals surface area contributed by atoms with E-state index >= 15 is 0 Å². The molecule has 2 atom stereocenters. The highest BCUT2D eigenvalue weighted by Crippen LogP contribution is 2.21. The Morgan fingerprint density at radius 3 is 3.04 bits per heavy atom. The van der Waals surface area contributed by atoms with Gasteiger partial charge in [0.25, 0.3) is 5.91 Å². The largest absolute Gasteiger partial charge is 0.333 e. The average Bonchev–Trinajstić information content (AvgIpc) is 3.02. The minimum absolute atomic E-state index is 0.0413. The van der Waals surface area contributed by atoms with Crippen molar-refractivity contribution in [2.75, 3.05) is 6.54 Å². The molecule has 2 N–H and O–H groups in total. The Labute approximate surface area is 140 Å². The van der Waals surface area contributed by atoms with Crippen molar-refractivity contribution < 1.29 is 9.18 Å². The third kappa shape index (κ3) is 3.62. The minimum atomic E-state index is -0.294. The molecule has 1 amide bonds. The van der Waals surface area contributed by atoms with Crippen LogP contribution in [0.1, 0.15) is 42.2 Å². The molecule has 2 aromatic rings. The standard InChI is InChI=1S/C17H22FN5O/c1-12(19)16-7-2-3-8-23(16)17(24)15-11-22(21-20-15)10-13-5-4-6-14(18)9-13/h4-6,9,11-12,16H,2-3,7-8,10,19H2,1H3. The molecule has 0 radical (unpaired) electrons. The highest BCUT2D eigenvalue weighted by Gasteiger charge is 2.31. The lowest BCUT2D eigenvalue weighted by Gasteiger charge is -2.37. The van der Waals surface area contributed by atoms with Gasteiger partial charge in [-0.1, -0.05) is 17.3 Å². The Bertz CT molecular complexity index is 715. The van der Waals surface area contributed by atoms with Gasteiger partial charge in [0, 0.05) is 18.6 Å². The van der Waals surface area contributed by atoms with Crippen LogP contribution in [0.15, 0.2) is 30.5 Å². The number of halogens is 1. The number of hydrogen-bond acceptors (Lipinski definition) is 4. The lowest BCUT2D eigenvalue weighted by atomic mass is 9.96. The Hall–Kier alpha value is -2.28. The summed E-state index contributed by atoms with van der Waals surface area (Å²) in [5.41, 5.74) is 7.10. The molecule has 1 fully saturated rings. The van der Waals surface area contributed by atoms with E-state index in [1.165, 1.54) is 12.1 Å². The highest BCUT2D eigenvalue weighted by atomic mass is 19.1. The quantitative estimate of drug-likeness (QED) is 0.927. The van der Waals surface area contributed by atoms with Gasteiger partial charge >= 0.3 is 0 Å². The summed E-state index contributed by atoms with van der Waals surface area (Å²) >= 11 is 0. The van der Waals surface area contributed by atoms with Gasteiger partial charge in [-0.05, 0) is 43.9 Å². The number of likely N-dealkylation sites (tertiary alicyclic amines) is 1. The van der Waals surface area contributed by atoms with E-state index < -0.39 is 0 Å². The van der Waals surface area contributed by atoms with Crippen LogP contribution in [0.3, 0.4) is 0 Å². The minimum Gasteiger partial charge on any atom is -0.333 e. The molecule has 7 heteroatoms. The molecule has 1 aliphatic heterocycles. The molecule has 2 unspecified atom stereocenters. The van der Waals surface area contributed by atoms with E-state index in [9.17, 15) is 9.18 Å². The Kier molecular flexibility index (Phi) is 4.89. The predicted octanol–water partition coefficient (Wildman–Crippen LogP) is 1.81. The number of amides is 1. The number of carbonyl (C=O) groups excluding carboxylic acids is 1. The van der Waals surface area contributed by atoms with Crippen LogP contribution in [-0.2, 0) is 6.54 Å². The molecule has 1 aliphatic rings. The summed E-state index contributed by atoms with van der Waals surface area (Å²) in [5, 5.41) is 7.98. The summed E-state index contributed by atoms with van der Waals surface area (Å²) in [6, 6.07) is 6.26. The summed E-state index contributed by atoms with van der Waals surface area (Å²) in [6.07, 6.45) is 4.59. The normalized spacial score (nSPS) is 19.3. The lowest BCUT2D eigenvalue weighted by Crippen LogP contribution is -2.51. The van der Waals surface area contributed by atoms with Crippen LogP contribution in [0.2, 0.25) is 0 Å². The molecule has 0 saturated carbocycles. The first kappa shape index (κ1) is 16.6. The Balaban J connectivity index is 1.73. The third-order valence-electron chi connectivity index (χ3n) is 4.41. The second-order valence-electron chi connectivity index (χ2n) is 6.35. The molecule has 128 valence electrons. The molecule has 0 spiro atoms. The van der Waals surface area contributed by atoms with Gasteiger partial charge in [-0.25, -0.2) is 9.07 Å². The van der Waals surface area contributed by atoms with Gasteiger partial charge in [0.05, 0.1) is 12.7 Å². The molecular formula is C17H22FN5O. The van der Waals surface area contributed by atoms with E-state index in [0.29, 0.717) is 18.8 Å². The van der Waals surface area contributed by atoms with Crippen molar-refractivity contribution in [3.63, 3.8) is 0 Å². The molecule has 0 aliphatic carbocycles. The third-order valence-corrected chi connectivity index (χ3v) is 4.41. The van der Waals surface area contributed by atoms with E-state index in [1.807, 2.05) is 17.9 Å². The summed E-state index contributed by atoms with van der Waals surface area (Å²) in [7, 11) is 0. The zero-order valence-electron chi connectivity index (χ0n) is 13.7. The molecule has 3 rings (SSSR count). The average molecular weight is 331 g/mol. The van der Waals surface area contributed by atoms with E-state index in [4.69, 9.17) is 5.73 Å². The van der Waals surface area contributed by atoms with Gasteiger partial charge in [0.2, 0.25) is 0 Å². The van der Waals surface area contributed by atoms with Gasteiger partial charge in [-0.3, -0.25) is 4.79 Å². The van der Waals surface area contributed by atoms with Crippen molar-refractivity contribution in [1.29, 1.82) is 0 Å². The summed E-state index contributed by atoms with van der Waals surface area (Å²) in [4.78, 5) is 14.5. The number of piperidine rings is 1. The van der Waals surface area contributed by atoms with Gasteiger partial charge in [0.15, 0.2) is 5.69 Å². The molecule has 1 aromatic heterocycles. The summed E-state index contributed by atoms with van der Waals surface area (Å²) in [6.45, 7) is 2.99. The molecule has 24 heavy (non-hydrogen) atoms. The SMILES string of the molecule is CC(N)C1CCCCN1C(=O)c1cn(Cc2cccc(F)c2)nn1. The number of nitrogens with zero attached hydrogens (tertiary/aromatic N) is 4. The zero-order chi connectivity index (χ0) is 17.1. The maximum absolute atomic E-state index is 13.2. The van der Waals surface area contributed by atoms with E-state index in [2.05, 4.69) is 10.3 Å². The Morgan fingerprint density at radius 1 is 1.46 bits per heavy atom. The van der Waals surface area contributed by atoms with Crippen LogP contribution >= 0.6 is 0 Å². The first-order valence-corrected chi connectivity index (χ1v) is 8.26. The molecule has 2 heterocycles. The van der Waals surface area contributed by atoms with Crippen LogP contribution in [0.4, 0.5) is 4.39 Å². The van der Waals surface area contributed by atoms with Crippen molar-refractivity contribution in [3.8, 4) is 0 Å². The Morgan fingerprint density at radius 2 is 2.29 bits per heavy atom. The van der Waals surface area contributed by atoms with Crippen LogP contribution < -0.4 is 5.73 Å². The second-order valence-corrected chi connectivity index (χ2v) is 6.35. The lowest BCUT2D eigenvalue weighted by molar-refractivity contribution is 0.0577.